The topological polar surface area (TPSA) is 0 Å². The minimum Gasteiger partial charge on any atom is -0.0622 e. The smallest absolute Gasteiger partial charge is 0.00264 e. The maximum absolute atomic E-state index is 2.34. The van der Waals surface area contributed by atoms with Gasteiger partial charge in [-0.05, 0) is 83.9 Å². The van der Waals surface area contributed by atoms with Crippen LogP contribution in [0.15, 0.2) is 158 Å². The summed E-state index contributed by atoms with van der Waals surface area (Å²) in [5.74, 6) is 0. The van der Waals surface area contributed by atoms with Gasteiger partial charge in [-0.15, -0.1) is 0 Å². The van der Waals surface area contributed by atoms with Gasteiger partial charge in [-0.2, -0.15) is 0 Å². The van der Waals surface area contributed by atoms with Crippen LogP contribution in [0.2, 0.25) is 0 Å². The fourth-order valence-corrected chi connectivity index (χ4v) is 5.55. The van der Waals surface area contributed by atoms with Crippen LogP contribution >= 0.6 is 0 Å². The molecule has 0 heteroatoms. The quantitative estimate of drug-likeness (QED) is 0.219. The molecule has 0 nitrogen and oxygen atoms in total. The van der Waals surface area contributed by atoms with Crippen LogP contribution in [0, 0.1) is 0 Å². The number of benzene rings is 7. The van der Waals surface area contributed by atoms with Gasteiger partial charge < -0.3 is 0 Å². The molecular formula is C38H26. The first kappa shape index (κ1) is 22.3. The van der Waals surface area contributed by atoms with Gasteiger partial charge in [0.2, 0.25) is 0 Å². The molecule has 0 N–H and O–H groups in total. The van der Waals surface area contributed by atoms with E-state index >= 15 is 0 Å². The maximum Gasteiger partial charge on any atom is -0.00264 e. The van der Waals surface area contributed by atoms with Crippen molar-refractivity contribution in [3.05, 3.63) is 180 Å². The molecule has 0 saturated carbocycles. The third kappa shape index (κ3) is 4.07. The molecule has 0 saturated heterocycles. The number of hydrogen-bond acceptors (Lipinski definition) is 0. The van der Waals surface area contributed by atoms with Gasteiger partial charge in [0.05, 0.1) is 0 Å². The lowest BCUT2D eigenvalue weighted by molar-refractivity contribution is 1.53. The van der Waals surface area contributed by atoms with Crippen LogP contribution in [0.25, 0.3) is 43.5 Å². The normalized spacial score (nSPS) is 11.2. The Morgan fingerprint density at radius 2 is 0.553 bits per heavy atom. The van der Waals surface area contributed by atoms with Crippen LogP contribution in [0.5, 0.6) is 0 Å². The molecule has 0 aromatic heterocycles. The summed E-state index contributed by atoms with van der Waals surface area (Å²) in [6.45, 7) is 0. The summed E-state index contributed by atoms with van der Waals surface area (Å²) in [4.78, 5) is 0. The molecule has 7 aromatic rings. The molecule has 0 amide bonds. The molecule has 0 radical (unpaired) electrons. The second kappa shape index (κ2) is 9.50. The molecule has 0 aliphatic heterocycles. The van der Waals surface area contributed by atoms with Crippen molar-refractivity contribution in [3.63, 3.8) is 0 Å². The molecule has 0 bridgehead atoms. The zero-order chi connectivity index (χ0) is 25.3. The minimum absolute atomic E-state index is 1.21. The highest BCUT2D eigenvalue weighted by molar-refractivity contribution is 6.08. The second-order valence-corrected chi connectivity index (χ2v) is 9.80. The van der Waals surface area contributed by atoms with E-state index in [0.717, 1.165) is 0 Å². The third-order valence-electron chi connectivity index (χ3n) is 7.43. The van der Waals surface area contributed by atoms with Crippen LogP contribution in [0.3, 0.4) is 0 Å². The highest BCUT2D eigenvalue weighted by Gasteiger charge is 2.17. The standard InChI is InChI=1S/C38H26/c1-2-13-30(14-3-1)37(34-21-18-27-10-4-7-15-31(27)24-34)38(35-22-19-28-11-5-8-16-32(28)25-35)36-23-20-29-12-6-9-17-33(29)26-36/h1-26H. The first-order valence-corrected chi connectivity index (χ1v) is 13.1. The van der Waals surface area contributed by atoms with Gasteiger partial charge in [0, 0.05) is 0 Å². The summed E-state index contributed by atoms with van der Waals surface area (Å²) in [6, 6.07) is 57.2. The molecule has 38 heavy (non-hydrogen) atoms. The van der Waals surface area contributed by atoms with E-state index in [0.29, 0.717) is 0 Å². The average Bonchev–Trinajstić information content (AvgIpc) is 2.99. The van der Waals surface area contributed by atoms with Gasteiger partial charge in [-0.25, -0.2) is 0 Å². The molecule has 0 fully saturated rings. The van der Waals surface area contributed by atoms with E-state index in [2.05, 4.69) is 158 Å². The molecule has 7 rings (SSSR count). The molecule has 0 aliphatic carbocycles. The largest absolute Gasteiger partial charge is 0.0622 e. The average molecular weight is 483 g/mol. The van der Waals surface area contributed by atoms with Crippen molar-refractivity contribution < 1.29 is 0 Å². The Balaban J connectivity index is 1.60. The van der Waals surface area contributed by atoms with Crippen molar-refractivity contribution in [2.24, 2.45) is 0 Å². The highest BCUT2D eigenvalue weighted by atomic mass is 14.2. The van der Waals surface area contributed by atoms with Crippen molar-refractivity contribution >= 4 is 43.5 Å². The van der Waals surface area contributed by atoms with E-state index in [1.807, 2.05) is 0 Å². The summed E-state index contributed by atoms with van der Waals surface area (Å²) in [7, 11) is 0. The first-order chi connectivity index (χ1) is 18.8. The van der Waals surface area contributed by atoms with Crippen molar-refractivity contribution in [3.8, 4) is 0 Å². The zero-order valence-corrected chi connectivity index (χ0v) is 21.0. The van der Waals surface area contributed by atoms with Crippen molar-refractivity contribution in [2.45, 2.75) is 0 Å². The molecular weight excluding hydrogens is 456 g/mol. The van der Waals surface area contributed by atoms with Crippen molar-refractivity contribution in [1.82, 2.24) is 0 Å². The zero-order valence-electron chi connectivity index (χ0n) is 21.0. The Labute approximate surface area is 223 Å². The van der Waals surface area contributed by atoms with Crippen LogP contribution in [-0.2, 0) is 0 Å². The highest BCUT2D eigenvalue weighted by Crippen LogP contribution is 2.39. The van der Waals surface area contributed by atoms with Gasteiger partial charge in [0.15, 0.2) is 0 Å². The molecule has 0 atom stereocenters. The lowest BCUT2D eigenvalue weighted by atomic mass is 9.84. The molecule has 178 valence electrons. The number of fused-ring (bicyclic) bond motifs is 3. The Bertz CT molecular complexity index is 1880. The Morgan fingerprint density at radius 1 is 0.237 bits per heavy atom. The fourth-order valence-electron chi connectivity index (χ4n) is 5.55. The van der Waals surface area contributed by atoms with Gasteiger partial charge in [-0.3, -0.25) is 0 Å². The summed E-state index contributed by atoms with van der Waals surface area (Å²) in [6.07, 6.45) is 0. The van der Waals surface area contributed by atoms with Crippen LogP contribution in [0.4, 0.5) is 0 Å². The second-order valence-electron chi connectivity index (χ2n) is 9.80. The van der Waals surface area contributed by atoms with Crippen LogP contribution in [0.1, 0.15) is 22.3 Å². The predicted octanol–water partition coefficient (Wildman–Crippen LogP) is 10.2. The van der Waals surface area contributed by atoms with E-state index in [1.165, 1.54) is 65.7 Å². The predicted molar refractivity (Wildman–Crippen MR) is 163 cm³/mol. The molecule has 0 unspecified atom stereocenters. The van der Waals surface area contributed by atoms with Crippen molar-refractivity contribution in [1.29, 1.82) is 0 Å². The summed E-state index contributed by atoms with van der Waals surface area (Å²) < 4.78 is 0. The molecule has 0 spiro atoms. The van der Waals surface area contributed by atoms with Gasteiger partial charge in [0.25, 0.3) is 0 Å². The summed E-state index contributed by atoms with van der Waals surface area (Å²) >= 11 is 0. The molecule has 0 aliphatic rings. The van der Waals surface area contributed by atoms with Gasteiger partial charge >= 0.3 is 0 Å². The van der Waals surface area contributed by atoms with Crippen LogP contribution in [-0.4, -0.2) is 0 Å². The summed E-state index contributed by atoms with van der Waals surface area (Å²) in [5.41, 5.74) is 7.33. The van der Waals surface area contributed by atoms with Gasteiger partial charge in [0.1, 0.15) is 0 Å². The van der Waals surface area contributed by atoms with Crippen LogP contribution < -0.4 is 0 Å². The third-order valence-corrected chi connectivity index (χ3v) is 7.43. The minimum atomic E-state index is 1.21. The molecule has 7 aromatic carbocycles. The van der Waals surface area contributed by atoms with E-state index in [-0.39, 0.29) is 0 Å². The fraction of sp³-hybridized carbons (Fsp3) is 0. The number of hydrogen-bond donors (Lipinski definition) is 0. The summed E-state index contributed by atoms with van der Waals surface area (Å²) in [5, 5.41) is 7.49. The van der Waals surface area contributed by atoms with E-state index in [9.17, 15) is 0 Å². The first-order valence-electron chi connectivity index (χ1n) is 13.1. The lowest BCUT2D eigenvalue weighted by Crippen LogP contribution is -1.98. The van der Waals surface area contributed by atoms with E-state index < -0.39 is 0 Å². The monoisotopic (exact) mass is 482 g/mol. The Hall–Kier alpha value is -4.94. The SMILES string of the molecule is c1ccc(C(=C(c2ccc3ccccc3c2)c2ccc3ccccc3c2)c2ccc3ccccc3c2)cc1. The van der Waals surface area contributed by atoms with E-state index in [1.54, 1.807) is 0 Å². The Morgan fingerprint density at radius 3 is 0.947 bits per heavy atom. The lowest BCUT2D eigenvalue weighted by Gasteiger charge is -2.19. The van der Waals surface area contributed by atoms with Gasteiger partial charge in [-0.1, -0.05) is 140 Å². The number of rotatable bonds is 4. The van der Waals surface area contributed by atoms with Crippen molar-refractivity contribution in [2.75, 3.05) is 0 Å². The van der Waals surface area contributed by atoms with E-state index in [4.69, 9.17) is 0 Å². The Kier molecular flexibility index (Phi) is 5.57. The maximum atomic E-state index is 2.34. The molecule has 0 heterocycles.